The molecule has 0 spiro atoms. The number of ether oxygens (including phenoxy) is 1. The average molecular weight is 431 g/mol. The van der Waals surface area contributed by atoms with Crippen LogP contribution in [0.2, 0.25) is 0 Å². The molecule has 9 heteroatoms. The Hall–Kier alpha value is -4.27. The van der Waals surface area contributed by atoms with Crippen LogP contribution < -0.4 is 15.8 Å². The van der Waals surface area contributed by atoms with E-state index in [0.29, 0.717) is 28.4 Å². The van der Waals surface area contributed by atoms with Gasteiger partial charge in [-0.1, -0.05) is 24.3 Å². The SMILES string of the molecule is COc1cccc(C(=N)c2c(N)ncnc2NC(C)c2cnn(-c3ccccc3F)c2)c1. The maximum atomic E-state index is 14.1. The number of halogens is 1. The normalized spacial score (nSPS) is 11.7. The Morgan fingerprint density at radius 1 is 1.19 bits per heavy atom. The summed E-state index contributed by atoms with van der Waals surface area (Å²) in [6.45, 7) is 1.92. The lowest BCUT2D eigenvalue weighted by atomic mass is 10.0. The Bertz CT molecular complexity index is 1270. The number of anilines is 2. The van der Waals surface area contributed by atoms with E-state index in [1.165, 1.54) is 17.1 Å². The monoisotopic (exact) mass is 431 g/mol. The van der Waals surface area contributed by atoms with Crippen LogP contribution in [0.25, 0.3) is 5.69 Å². The number of nitrogens with two attached hydrogens (primary N) is 1. The van der Waals surface area contributed by atoms with Gasteiger partial charge in [0.25, 0.3) is 0 Å². The maximum Gasteiger partial charge on any atom is 0.148 e. The molecule has 2 aromatic carbocycles. The molecule has 162 valence electrons. The summed E-state index contributed by atoms with van der Waals surface area (Å²) in [6, 6.07) is 13.3. The van der Waals surface area contributed by atoms with E-state index < -0.39 is 0 Å². The van der Waals surface area contributed by atoms with Gasteiger partial charge >= 0.3 is 0 Å². The molecule has 0 amide bonds. The standard InChI is InChI=1S/C23H22FN7O/c1-14(16-11-29-31(12-16)19-9-4-3-8-18(19)24)30-23-20(22(26)27-13-28-23)21(25)15-6-5-7-17(10-15)32-2/h3-14,25H,1-2H3,(H3,26,27,28,30). The van der Waals surface area contributed by atoms with Crippen molar-refractivity contribution in [2.24, 2.45) is 0 Å². The molecule has 4 aromatic rings. The molecule has 8 nitrogen and oxygen atoms in total. The van der Waals surface area contributed by atoms with E-state index in [2.05, 4.69) is 20.4 Å². The molecule has 32 heavy (non-hydrogen) atoms. The molecule has 2 aromatic heterocycles. The summed E-state index contributed by atoms with van der Waals surface area (Å²) in [7, 11) is 1.57. The number of para-hydroxylation sites is 1. The predicted molar refractivity (Wildman–Crippen MR) is 121 cm³/mol. The highest BCUT2D eigenvalue weighted by Gasteiger charge is 2.19. The van der Waals surface area contributed by atoms with Gasteiger partial charge in [-0.3, -0.25) is 5.41 Å². The van der Waals surface area contributed by atoms with Crippen LogP contribution in [0.4, 0.5) is 16.0 Å². The van der Waals surface area contributed by atoms with Gasteiger partial charge in [-0.25, -0.2) is 19.0 Å². The van der Waals surface area contributed by atoms with E-state index in [-0.39, 0.29) is 23.4 Å². The van der Waals surface area contributed by atoms with E-state index in [4.69, 9.17) is 15.9 Å². The van der Waals surface area contributed by atoms with Gasteiger partial charge in [0, 0.05) is 17.3 Å². The summed E-state index contributed by atoms with van der Waals surface area (Å²) in [6.07, 6.45) is 4.74. The Kier molecular flexibility index (Phi) is 5.80. The number of nitrogens with zero attached hydrogens (tertiary/aromatic N) is 4. The van der Waals surface area contributed by atoms with Crippen LogP contribution in [0, 0.1) is 11.2 Å². The molecule has 1 unspecified atom stereocenters. The minimum Gasteiger partial charge on any atom is -0.497 e. The van der Waals surface area contributed by atoms with Crippen LogP contribution in [0.1, 0.15) is 29.7 Å². The van der Waals surface area contributed by atoms with Crippen LogP contribution in [-0.2, 0) is 0 Å². The Labute approximate surface area is 184 Å². The Balaban J connectivity index is 1.62. The van der Waals surface area contributed by atoms with Crippen LogP contribution in [0.15, 0.2) is 67.3 Å². The molecule has 0 fully saturated rings. The second kappa shape index (κ2) is 8.84. The van der Waals surface area contributed by atoms with Gasteiger partial charge in [0.2, 0.25) is 0 Å². The second-order valence-corrected chi connectivity index (χ2v) is 7.13. The molecule has 2 heterocycles. The zero-order chi connectivity index (χ0) is 22.7. The lowest BCUT2D eigenvalue weighted by Crippen LogP contribution is -2.16. The summed E-state index contributed by atoms with van der Waals surface area (Å²) in [5.74, 6) is 0.868. The van der Waals surface area contributed by atoms with Crippen molar-refractivity contribution in [1.82, 2.24) is 19.7 Å². The fraction of sp³-hybridized carbons (Fsp3) is 0.130. The van der Waals surface area contributed by atoms with E-state index in [0.717, 1.165) is 5.56 Å². The first-order chi connectivity index (χ1) is 15.5. The number of aromatic nitrogens is 4. The number of nitrogens with one attached hydrogen (secondary N) is 2. The molecule has 4 N–H and O–H groups in total. The number of nitrogen functional groups attached to an aromatic ring is 1. The van der Waals surface area contributed by atoms with Crippen LogP contribution in [0.5, 0.6) is 5.75 Å². The van der Waals surface area contributed by atoms with Crippen molar-refractivity contribution in [2.75, 3.05) is 18.2 Å². The lowest BCUT2D eigenvalue weighted by Gasteiger charge is -2.17. The molecular weight excluding hydrogens is 409 g/mol. The van der Waals surface area contributed by atoms with E-state index >= 15 is 0 Å². The Morgan fingerprint density at radius 2 is 2.00 bits per heavy atom. The number of rotatable bonds is 7. The molecular formula is C23H22FN7O. The number of methoxy groups -OCH3 is 1. The maximum absolute atomic E-state index is 14.1. The van der Waals surface area contributed by atoms with Crippen molar-refractivity contribution in [2.45, 2.75) is 13.0 Å². The first kappa shape index (κ1) is 21.0. The third kappa shape index (κ3) is 4.13. The summed E-state index contributed by atoms with van der Waals surface area (Å²) < 4.78 is 20.8. The molecule has 1 atom stereocenters. The van der Waals surface area contributed by atoms with E-state index in [1.54, 1.807) is 62.0 Å². The molecule has 0 aliphatic carbocycles. The second-order valence-electron chi connectivity index (χ2n) is 7.13. The topological polar surface area (TPSA) is 115 Å². The highest BCUT2D eigenvalue weighted by Crippen LogP contribution is 2.27. The smallest absolute Gasteiger partial charge is 0.148 e. The minimum absolute atomic E-state index is 0.166. The first-order valence-electron chi connectivity index (χ1n) is 9.87. The van der Waals surface area contributed by atoms with E-state index in [9.17, 15) is 4.39 Å². The Morgan fingerprint density at radius 3 is 2.78 bits per heavy atom. The average Bonchev–Trinajstić information content (AvgIpc) is 3.29. The van der Waals surface area contributed by atoms with Crippen molar-refractivity contribution in [1.29, 1.82) is 5.41 Å². The van der Waals surface area contributed by atoms with Crippen LogP contribution in [-0.4, -0.2) is 32.6 Å². The van der Waals surface area contributed by atoms with Crippen molar-refractivity contribution in [3.63, 3.8) is 0 Å². The molecule has 0 aliphatic heterocycles. The zero-order valence-electron chi connectivity index (χ0n) is 17.6. The quantitative estimate of drug-likeness (QED) is 0.381. The molecule has 4 rings (SSSR count). The van der Waals surface area contributed by atoms with Gasteiger partial charge in [-0.05, 0) is 31.2 Å². The molecule has 0 aliphatic rings. The van der Waals surface area contributed by atoms with Gasteiger partial charge in [0.15, 0.2) is 0 Å². The van der Waals surface area contributed by atoms with Gasteiger partial charge < -0.3 is 15.8 Å². The van der Waals surface area contributed by atoms with Gasteiger partial charge in [-0.2, -0.15) is 5.10 Å². The molecule has 0 bridgehead atoms. The van der Waals surface area contributed by atoms with Gasteiger partial charge in [-0.15, -0.1) is 0 Å². The minimum atomic E-state index is -0.361. The highest BCUT2D eigenvalue weighted by molar-refractivity contribution is 6.16. The summed E-state index contributed by atoms with van der Waals surface area (Å²) in [5.41, 5.74) is 8.46. The fourth-order valence-corrected chi connectivity index (χ4v) is 3.30. The summed E-state index contributed by atoms with van der Waals surface area (Å²) in [4.78, 5) is 8.37. The van der Waals surface area contributed by atoms with Gasteiger partial charge in [0.05, 0.1) is 30.6 Å². The zero-order valence-corrected chi connectivity index (χ0v) is 17.6. The van der Waals surface area contributed by atoms with Crippen molar-refractivity contribution >= 4 is 17.3 Å². The van der Waals surface area contributed by atoms with Crippen molar-refractivity contribution < 1.29 is 9.13 Å². The number of hydrogen-bond acceptors (Lipinski definition) is 7. The largest absolute Gasteiger partial charge is 0.497 e. The third-order valence-corrected chi connectivity index (χ3v) is 5.04. The van der Waals surface area contributed by atoms with Crippen molar-refractivity contribution in [3.8, 4) is 11.4 Å². The third-order valence-electron chi connectivity index (χ3n) is 5.04. The van der Waals surface area contributed by atoms with Crippen LogP contribution >= 0.6 is 0 Å². The lowest BCUT2D eigenvalue weighted by molar-refractivity contribution is 0.414. The molecule has 0 saturated carbocycles. The highest BCUT2D eigenvalue weighted by atomic mass is 19.1. The van der Waals surface area contributed by atoms with Gasteiger partial charge in [0.1, 0.15) is 35.2 Å². The van der Waals surface area contributed by atoms with E-state index in [1.807, 2.05) is 6.92 Å². The number of benzene rings is 2. The number of hydrogen-bond donors (Lipinski definition) is 3. The summed E-state index contributed by atoms with van der Waals surface area (Å²) >= 11 is 0. The fourth-order valence-electron chi connectivity index (χ4n) is 3.30. The molecule has 0 radical (unpaired) electrons. The molecule has 0 saturated heterocycles. The van der Waals surface area contributed by atoms with Crippen molar-refractivity contribution in [3.05, 3.63) is 89.8 Å². The summed E-state index contributed by atoms with van der Waals surface area (Å²) in [5, 5.41) is 16.3. The van der Waals surface area contributed by atoms with Crippen LogP contribution in [0.3, 0.4) is 0 Å². The first-order valence-corrected chi connectivity index (χ1v) is 9.87. The predicted octanol–water partition coefficient (Wildman–Crippen LogP) is 3.98.